The summed E-state index contributed by atoms with van der Waals surface area (Å²) in [4.78, 5) is 58.0. The first-order valence-corrected chi connectivity index (χ1v) is 22.1. The number of aromatic nitrogens is 3. The Kier molecular flexibility index (Phi) is 13.6. The number of aryl methyl sites for hydroxylation is 2. The summed E-state index contributed by atoms with van der Waals surface area (Å²) in [5.74, 6) is -0.102. The number of nitrogens with zero attached hydrogens (tertiary/aromatic N) is 5. The van der Waals surface area contributed by atoms with Gasteiger partial charge in [-0.05, 0) is 102 Å². The Morgan fingerprint density at radius 1 is 0.847 bits per heavy atom. The van der Waals surface area contributed by atoms with Crippen LogP contribution >= 0.6 is 22.7 Å². The zero-order valence-corrected chi connectivity index (χ0v) is 36.1. The molecule has 2 aliphatic rings. The number of ether oxygens (including phenoxy) is 2. The first-order chi connectivity index (χ1) is 28.3. The number of alkyl carbamates (subject to hydrolysis) is 1. The Balaban J connectivity index is 0.901. The third-order valence-electron chi connectivity index (χ3n) is 10.7. The molecule has 1 aliphatic heterocycles. The number of rotatable bonds is 12. The molecule has 1 saturated heterocycles. The van der Waals surface area contributed by atoms with Gasteiger partial charge < -0.3 is 25.0 Å². The van der Waals surface area contributed by atoms with Crippen molar-refractivity contribution in [2.75, 3.05) is 49.9 Å². The van der Waals surface area contributed by atoms with Crippen molar-refractivity contribution in [3.8, 4) is 21.6 Å². The van der Waals surface area contributed by atoms with E-state index in [-0.39, 0.29) is 24.6 Å². The van der Waals surface area contributed by atoms with Gasteiger partial charge in [0.25, 0.3) is 0 Å². The Morgan fingerprint density at radius 2 is 1.58 bits per heavy atom. The molecular formula is C44H54N8O5S2. The van der Waals surface area contributed by atoms with E-state index in [4.69, 9.17) is 9.47 Å². The quantitative estimate of drug-likeness (QED) is 0.111. The molecule has 0 spiro atoms. The lowest BCUT2D eigenvalue weighted by molar-refractivity contribution is -0.117. The molecule has 0 unspecified atom stereocenters. The van der Waals surface area contributed by atoms with Crippen LogP contribution in [0.5, 0.6) is 0 Å². The van der Waals surface area contributed by atoms with Crippen LogP contribution in [0.25, 0.3) is 31.8 Å². The second-order valence-electron chi connectivity index (χ2n) is 16.4. The smallest absolute Gasteiger partial charge is 0.411 e. The molecule has 59 heavy (non-hydrogen) atoms. The van der Waals surface area contributed by atoms with Crippen LogP contribution in [0.4, 0.5) is 20.4 Å². The highest BCUT2D eigenvalue weighted by Crippen LogP contribution is 2.33. The predicted molar refractivity (Wildman–Crippen MR) is 235 cm³/mol. The van der Waals surface area contributed by atoms with E-state index < -0.39 is 17.8 Å². The van der Waals surface area contributed by atoms with E-state index in [0.29, 0.717) is 22.9 Å². The van der Waals surface area contributed by atoms with Crippen LogP contribution in [-0.2, 0) is 14.3 Å². The first-order valence-electron chi connectivity index (χ1n) is 20.4. The molecule has 1 atom stereocenters. The Labute approximate surface area is 353 Å². The van der Waals surface area contributed by atoms with E-state index in [0.717, 1.165) is 101 Å². The van der Waals surface area contributed by atoms with Crippen LogP contribution < -0.4 is 16.0 Å². The van der Waals surface area contributed by atoms with E-state index >= 15 is 0 Å². The zero-order chi connectivity index (χ0) is 41.5. The van der Waals surface area contributed by atoms with Gasteiger partial charge in [-0.3, -0.25) is 20.0 Å². The zero-order valence-electron chi connectivity index (χ0n) is 34.5. The van der Waals surface area contributed by atoms with E-state index in [9.17, 15) is 14.4 Å². The van der Waals surface area contributed by atoms with Gasteiger partial charge in [-0.15, -0.1) is 11.3 Å². The maximum atomic E-state index is 13.2. The lowest BCUT2D eigenvalue weighted by Crippen LogP contribution is -2.49. The monoisotopic (exact) mass is 838 g/mol. The third kappa shape index (κ3) is 11.6. The molecule has 3 aromatic heterocycles. The molecule has 3 amide bonds. The highest BCUT2D eigenvalue weighted by molar-refractivity contribution is 7.22. The summed E-state index contributed by atoms with van der Waals surface area (Å²) in [5, 5.41) is 9.57. The molecule has 312 valence electrons. The lowest BCUT2D eigenvalue weighted by atomic mass is 9.98. The number of carbonyl (C=O) groups is 3. The number of hydrogen-bond acceptors (Lipinski definition) is 12. The second-order valence-corrected chi connectivity index (χ2v) is 18.3. The van der Waals surface area contributed by atoms with Gasteiger partial charge in [-0.1, -0.05) is 48.1 Å². The summed E-state index contributed by atoms with van der Waals surface area (Å²) in [6, 6.07) is 16.0. The van der Waals surface area contributed by atoms with Crippen molar-refractivity contribution < 1.29 is 23.9 Å². The normalized spacial score (nSPS) is 16.1. The van der Waals surface area contributed by atoms with Gasteiger partial charge >= 0.3 is 12.2 Å². The van der Waals surface area contributed by atoms with Crippen LogP contribution in [0.1, 0.15) is 82.3 Å². The minimum Gasteiger partial charge on any atom is -0.446 e. The van der Waals surface area contributed by atoms with Crippen molar-refractivity contribution in [2.45, 2.75) is 90.9 Å². The van der Waals surface area contributed by atoms with Crippen LogP contribution in [0, 0.1) is 13.8 Å². The molecule has 0 bridgehead atoms. The van der Waals surface area contributed by atoms with Gasteiger partial charge in [0.05, 0.1) is 50.3 Å². The number of nitrogens with one attached hydrogen (secondary N) is 3. The average Bonchev–Trinajstić information content (AvgIpc) is 3.82. The molecular weight excluding hydrogens is 785 g/mol. The predicted octanol–water partition coefficient (Wildman–Crippen LogP) is 9.19. The van der Waals surface area contributed by atoms with E-state index in [2.05, 4.69) is 65.0 Å². The van der Waals surface area contributed by atoms with Crippen molar-refractivity contribution in [1.29, 1.82) is 0 Å². The molecule has 0 radical (unpaired) electrons. The number of benzene rings is 2. The van der Waals surface area contributed by atoms with Gasteiger partial charge in [-0.2, -0.15) is 0 Å². The number of fused-ring (bicyclic) bond motifs is 1. The molecule has 15 heteroatoms. The molecule has 1 saturated carbocycles. The summed E-state index contributed by atoms with van der Waals surface area (Å²) in [6.07, 6.45) is 6.78. The first kappa shape index (κ1) is 42.2. The standard InChI is InChI=1S/C44H54N8O5S2/c1-28-37(49-42(54)56-34-9-7-6-8-10-34)23-33(25-45-28)32-15-16-36-38(24-32)59-41(47-36)50-39(53)26-52-21-19-51(20-22-52)18-17-35(48-43(55)57-44(3,4)5)30-11-13-31(14-12-30)40-29(2)46-27-58-40/h11-16,23-25,27,34-35H,6-10,17-22,26H2,1-5H3,(H,48,55)(H,49,54)(H,47,50,53)/t35-/m0/s1. The van der Waals surface area contributed by atoms with Crippen molar-refractivity contribution in [2.24, 2.45) is 0 Å². The average molecular weight is 839 g/mol. The fourth-order valence-electron chi connectivity index (χ4n) is 7.51. The van der Waals surface area contributed by atoms with Crippen molar-refractivity contribution in [3.05, 3.63) is 77.2 Å². The largest absolute Gasteiger partial charge is 0.446 e. The second kappa shape index (κ2) is 19.0. The van der Waals surface area contributed by atoms with Crippen molar-refractivity contribution in [1.82, 2.24) is 30.1 Å². The summed E-state index contributed by atoms with van der Waals surface area (Å²) < 4.78 is 12.2. The molecule has 4 heterocycles. The van der Waals surface area contributed by atoms with Crippen molar-refractivity contribution >= 4 is 61.8 Å². The number of hydrogen-bond donors (Lipinski definition) is 3. The van der Waals surface area contributed by atoms with Crippen LogP contribution in [0.3, 0.4) is 0 Å². The van der Waals surface area contributed by atoms with E-state index in [1.165, 1.54) is 17.8 Å². The van der Waals surface area contributed by atoms with E-state index in [1.807, 2.05) is 64.4 Å². The summed E-state index contributed by atoms with van der Waals surface area (Å²) in [6.45, 7) is 13.6. The molecule has 3 N–H and O–H groups in total. The number of piperazine rings is 1. The van der Waals surface area contributed by atoms with Gasteiger partial charge in [0.1, 0.15) is 11.7 Å². The van der Waals surface area contributed by atoms with Crippen molar-refractivity contribution in [3.63, 3.8) is 0 Å². The molecule has 2 aromatic carbocycles. The van der Waals surface area contributed by atoms with Crippen LogP contribution in [0.2, 0.25) is 0 Å². The molecule has 2 fully saturated rings. The van der Waals surface area contributed by atoms with Gasteiger partial charge in [0.15, 0.2) is 5.13 Å². The maximum Gasteiger partial charge on any atom is 0.411 e. The Morgan fingerprint density at radius 3 is 2.29 bits per heavy atom. The van der Waals surface area contributed by atoms with Crippen LogP contribution in [-0.4, -0.2) is 93.8 Å². The lowest BCUT2D eigenvalue weighted by Gasteiger charge is -2.35. The highest BCUT2D eigenvalue weighted by atomic mass is 32.1. The summed E-state index contributed by atoms with van der Waals surface area (Å²) in [7, 11) is 0. The summed E-state index contributed by atoms with van der Waals surface area (Å²) >= 11 is 3.05. The van der Waals surface area contributed by atoms with Gasteiger partial charge in [0.2, 0.25) is 5.91 Å². The maximum absolute atomic E-state index is 13.2. The summed E-state index contributed by atoms with van der Waals surface area (Å²) in [5.41, 5.74) is 8.30. The number of anilines is 2. The Hall–Kier alpha value is -4.96. The van der Waals surface area contributed by atoms with Crippen LogP contribution in [0.15, 0.2) is 60.2 Å². The molecule has 7 rings (SSSR count). The SMILES string of the molecule is Cc1ncc(-c2ccc3nc(NC(=O)CN4CCN(CC[C@H](NC(=O)OC(C)(C)C)c5ccc(-c6scnc6C)cc5)CC4)sc3c2)cc1NC(=O)OC1CCCCC1. The van der Waals surface area contributed by atoms with Gasteiger partial charge in [0, 0.05) is 44.5 Å². The fourth-order valence-corrected chi connectivity index (χ4v) is 9.24. The number of thiazole rings is 2. The van der Waals surface area contributed by atoms with Gasteiger partial charge in [-0.25, -0.2) is 19.6 Å². The highest BCUT2D eigenvalue weighted by Gasteiger charge is 2.25. The number of carbonyl (C=O) groups excluding carboxylic acids is 3. The minimum absolute atomic E-state index is 0.0322. The van der Waals surface area contributed by atoms with E-state index in [1.54, 1.807) is 17.5 Å². The third-order valence-corrected chi connectivity index (χ3v) is 12.6. The Bertz CT molecular complexity index is 2240. The number of amides is 3. The molecule has 13 nitrogen and oxygen atoms in total. The number of pyridine rings is 1. The topological polar surface area (TPSA) is 151 Å². The minimum atomic E-state index is -0.599. The molecule has 1 aliphatic carbocycles. The molecule has 5 aromatic rings. The fraction of sp³-hybridized carbons (Fsp3) is 0.455.